The van der Waals surface area contributed by atoms with Gasteiger partial charge in [0, 0.05) is 24.6 Å². The van der Waals surface area contributed by atoms with Crippen molar-refractivity contribution >= 4 is 23.1 Å². The van der Waals surface area contributed by atoms with E-state index in [0.717, 1.165) is 17.5 Å². The minimum atomic E-state index is 0.0544. The summed E-state index contributed by atoms with van der Waals surface area (Å²) >= 11 is 4.92. The minimum Gasteiger partial charge on any atom is -0.393 e. The summed E-state index contributed by atoms with van der Waals surface area (Å²) in [4.78, 5) is 15.0. The van der Waals surface area contributed by atoms with Gasteiger partial charge in [-0.15, -0.1) is 0 Å². The van der Waals surface area contributed by atoms with Crippen molar-refractivity contribution in [1.29, 1.82) is 0 Å². The molecule has 0 heterocycles. The zero-order valence-electron chi connectivity index (χ0n) is 12.8. The van der Waals surface area contributed by atoms with E-state index in [-0.39, 0.29) is 11.9 Å². The van der Waals surface area contributed by atoms with Gasteiger partial charge in [-0.1, -0.05) is 25.2 Å². The van der Waals surface area contributed by atoms with E-state index >= 15 is 0 Å². The first-order valence-electron chi connectivity index (χ1n) is 7.03. The summed E-state index contributed by atoms with van der Waals surface area (Å²) in [6, 6.07) is 6.01. The SMILES string of the molecule is CCC(C)N(CCC(N)=S)C(=O)c1ccc(C)c(C)c1. The average molecular weight is 292 g/mol. The van der Waals surface area contributed by atoms with E-state index < -0.39 is 0 Å². The van der Waals surface area contributed by atoms with E-state index in [2.05, 4.69) is 13.8 Å². The Morgan fingerprint density at radius 3 is 2.50 bits per heavy atom. The molecule has 0 spiro atoms. The predicted molar refractivity (Wildman–Crippen MR) is 88.1 cm³/mol. The molecule has 1 aromatic rings. The number of hydrogen-bond donors (Lipinski definition) is 1. The number of nitrogens with zero attached hydrogens (tertiary/aromatic N) is 1. The molecule has 20 heavy (non-hydrogen) atoms. The van der Waals surface area contributed by atoms with Crippen LogP contribution in [0.5, 0.6) is 0 Å². The third kappa shape index (κ3) is 4.30. The Hall–Kier alpha value is -1.42. The molecule has 3 nitrogen and oxygen atoms in total. The van der Waals surface area contributed by atoms with Crippen LogP contribution in [0.4, 0.5) is 0 Å². The van der Waals surface area contributed by atoms with Crippen LogP contribution in [0, 0.1) is 13.8 Å². The Morgan fingerprint density at radius 1 is 1.35 bits per heavy atom. The predicted octanol–water partition coefficient (Wildman–Crippen LogP) is 3.22. The first-order valence-corrected chi connectivity index (χ1v) is 7.44. The molecule has 0 saturated heterocycles. The van der Waals surface area contributed by atoms with E-state index in [9.17, 15) is 4.79 Å². The van der Waals surface area contributed by atoms with E-state index in [4.69, 9.17) is 18.0 Å². The van der Waals surface area contributed by atoms with Gasteiger partial charge in [-0.25, -0.2) is 0 Å². The lowest BCUT2D eigenvalue weighted by Gasteiger charge is -2.29. The maximum Gasteiger partial charge on any atom is 0.254 e. The van der Waals surface area contributed by atoms with Crippen LogP contribution in [0.25, 0.3) is 0 Å². The summed E-state index contributed by atoms with van der Waals surface area (Å²) in [5.74, 6) is 0.0544. The molecule has 0 aliphatic carbocycles. The van der Waals surface area contributed by atoms with Gasteiger partial charge in [0.1, 0.15) is 0 Å². The molecule has 0 radical (unpaired) electrons. The Bertz CT molecular complexity index is 499. The fourth-order valence-corrected chi connectivity index (χ4v) is 2.10. The molecule has 4 heteroatoms. The van der Waals surface area contributed by atoms with E-state index in [1.807, 2.05) is 36.9 Å². The Kier molecular flexibility index (Phi) is 6.14. The van der Waals surface area contributed by atoms with Gasteiger partial charge in [0.15, 0.2) is 0 Å². The van der Waals surface area contributed by atoms with Crippen LogP contribution in [-0.4, -0.2) is 28.4 Å². The first kappa shape index (κ1) is 16.6. The van der Waals surface area contributed by atoms with Crippen LogP contribution in [0.3, 0.4) is 0 Å². The number of carbonyl (C=O) groups excluding carboxylic acids is 1. The highest BCUT2D eigenvalue weighted by atomic mass is 32.1. The molecule has 1 rings (SSSR count). The lowest BCUT2D eigenvalue weighted by molar-refractivity contribution is 0.0694. The number of nitrogens with two attached hydrogens (primary N) is 1. The fourth-order valence-electron chi connectivity index (χ4n) is 2.01. The zero-order valence-corrected chi connectivity index (χ0v) is 13.6. The minimum absolute atomic E-state index is 0.0544. The second-order valence-corrected chi connectivity index (χ2v) is 5.80. The number of thiocarbonyl (C=S) groups is 1. The van der Waals surface area contributed by atoms with Crippen LogP contribution in [0.15, 0.2) is 18.2 Å². The number of hydrogen-bond acceptors (Lipinski definition) is 2. The van der Waals surface area contributed by atoms with Crippen LogP contribution >= 0.6 is 12.2 Å². The lowest BCUT2D eigenvalue weighted by Crippen LogP contribution is -2.40. The second-order valence-electron chi connectivity index (χ2n) is 5.27. The third-order valence-corrected chi connectivity index (χ3v) is 3.94. The molecule has 1 aromatic carbocycles. The van der Waals surface area contributed by atoms with Crippen molar-refractivity contribution in [1.82, 2.24) is 4.90 Å². The van der Waals surface area contributed by atoms with Gasteiger partial charge in [-0.05, 0) is 50.5 Å². The van der Waals surface area contributed by atoms with Gasteiger partial charge in [-0.3, -0.25) is 4.79 Å². The number of benzene rings is 1. The summed E-state index contributed by atoms with van der Waals surface area (Å²) < 4.78 is 0. The Morgan fingerprint density at radius 2 is 2.00 bits per heavy atom. The second kappa shape index (κ2) is 7.39. The van der Waals surface area contributed by atoms with E-state index in [1.165, 1.54) is 5.56 Å². The molecule has 0 bridgehead atoms. The molecular weight excluding hydrogens is 268 g/mol. The van der Waals surface area contributed by atoms with Crippen molar-refractivity contribution in [3.63, 3.8) is 0 Å². The molecule has 1 unspecified atom stereocenters. The topological polar surface area (TPSA) is 46.3 Å². The third-order valence-electron chi connectivity index (χ3n) is 3.74. The van der Waals surface area contributed by atoms with Gasteiger partial charge < -0.3 is 10.6 Å². The molecule has 1 amide bonds. The van der Waals surface area contributed by atoms with Crippen molar-refractivity contribution in [2.75, 3.05) is 6.54 Å². The van der Waals surface area contributed by atoms with Gasteiger partial charge in [0.25, 0.3) is 5.91 Å². The molecule has 0 aliphatic heterocycles. The van der Waals surface area contributed by atoms with E-state index in [0.29, 0.717) is 18.0 Å². The highest BCUT2D eigenvalue weighted by Gasteiger charge is 2.20. The van der Waals surface area contributed by atoms with Crippen molar-refractivity contribution in [2.24, 2.45) is 5.73 Å². The summed E-state index contributed by atoms with van der Waals surface area (Å²) in [5.41, 5.74) is 8.62. The fraction of sp³-hybridized carbons (Fsp3) is 0.500. The quantitative estimate of drug-likeness (QED) is 0.819. The van der Waals surface area contributed by atoms with Gasteiger partial charge in [0.2, 0.25) is 0 Å². The normalized spacial score (nSPS) is 12.0. The van der Waals surface area contributed by atoms with Crippen molar-refractivity contribution in [3.8, 4) is 0 Å². The zero-order chi connectivity index (χ0) is 15.3. The largest absolute Gasteiger partial charge is 0.393 e. The first-order chi connectivity index (χ1) is 9.36. The Labute approximate surface area is 127 Å². The van der Waals surface area contributed by atoms with Crippen LogP contribution < -0.4 is 5.73 Å². The summed E-state index contributed by atoms with van der Waals surface area (Å²) in [6.45, 7) is 8.78. The molecular formula is C16H24N2OS. The standard InChI is InChI=1S/C16H24N2OS/c1-5-13(4)18(9-8-15(17)20)16(19)14-7-6-11(2)12(3)10-14/h6-7,10,13H,5,8-9H2,1-4H3,(H2,17,20). The number of aryl methyl sites for hydroxylation is 2. The Balaban J connectivity index is 2.96. The van der Waals surface area contributed by atoms with Gasteiger partial charge in [0.05, 0.1) is 4.99 Å². The van der Waals surface area contributed by atoms with E-state index in [1.54, 1.807) is 0 Å². The van der Waals surface area contributed by atoms with Crippen LogP contribution in [0.1, 0.15) is 48.2 Å². The molecule has 0 aromatic heterocycles. The maximum absolute atomic E-state index is 12.7. The molecule has 0 saturated carbocycles. The summed E-state index contributed by atoms with van der Waals surface area (Å²) in [5, 5.41) is 0. The highest BCUT2D eigenvalue weighted by Crippen LogP contribution is 2.15. The lowest BCUT2D eigenvalue weighted by atomic mass is 10.0. The number of amides is 1. The van der Waals surface area contributed by atoms with Crippen LogP contribution in [-0.2, 0) is 0 Å². The summed E-state index contributed by atoms with van der Waals surface area (Å²) in [7, 11) is 0. The monoisotopic (exact) mass is 292 g/mol. The molecule has 110 valence electrons. The average Bonchev–Trinajstić information content (AvgIpc) is 2.41. The van der Waals surface area contributed by atoms with Gasteiger partial charge >= 0.3 is 0 Å². The number of carbonyl (C=O) groups is 1. The highest BCUT2D eigenvalue weighted by molar-refractivity contribution is 7.80. The molecule has 0 fully saturated rings. The molecule has 2 N–H and O–H groups in total. The van der Waals surface area contributed by atoms with Crippen molar-refractivity contribution in [2.45, 2.75) is 46.6 Å². The smallest absolute Gasteiger partial charge is 0.254 e. The van der Waals surface area contributed by atoms with Crippen LogP contribution in [0.2, 0.25) is 0 Å². The molecule has 1 atom stereocenters. The summed E-state index contributed by atoms with van der Waals surface area (Å²) in [6.07, 6.45) is 1.48. The molecule has 0 aliphatic rings. The van der Waals surface area contributed by atoms with Crippen molar-refractivity contribution < 1.29 is 4.79 Å². The number of rotatable bonds is 6. The maximum atomic E-state index is 12.7. The van der Waals surface area contributed by atoms with Gasteiger partial charge in [-0.2, -0.15) is 0 Å². The van der Waals surface area contributed by atoms with Crippen molar-refractivity contribution in [3.05, 3.63) is 34.9 Å².